The SMILES string of the molecule is CN(C)CCOc1ccc2sc(-c3nc(NCCN4C(=O)NC(=O)C4(C)C)ncc3-c3cccc(CC(N)=O)c3)cc2c1. The van der Waals surface area contributed by atoms with E-state index in [0.29, 0.717) is 25.6 Å². The molecule has 0 bridgehead atoms. The second-order valence-electron chi connectivity index (χ2n) is 11.2. The third-order valence-corrected chi connectivity index (χ3v) is 8.37. The van der Waals surface area contributed by atoms with Crippen LogP contribution in [-0.2, 0) is 16.0 Å². The van der Waals surface area contributed by atoms with Gasteiger partial charge in [0.25, 0.3) is 5.91 Å². The van der Waals surface area contributed by atoms with E-state index < -0.39 is 17.5 Å². The Morgan fingerprint density at radius 3 is 2.70 bits per heavy atom. The second kappa shape index (κ2) is 12.4. The van der Waals surface area contributed by atoms with Crippen LogP contribution < -0.4 is 21.1 Å². The maximum Gasteiger partial charge on any atom is 0.325 e. The van der Waals surface area contributed by atoms with E-state index in [9.17, 15) is 14.4 Å². The molecule has 0 atom stereocenters. The summed E-state index contributed by atoms with van der Waals surface area (Å²) >= 11 is 1.61. The molecule has 1 aliphatic heterocycles. The lowest BCUT2D eigenvalue weighted by Crippen LogP contribution is -2.46. The Hall–Kier alpha value is -4.55. The number of anilines is 1. The third-order valence-electron chi connectivity index (χ3n) is 7.25. The fraction of sp³-hybridized carbons (Fsp3) is 0.323. The molecular formula is C31H35N7O4S. The minimum atomic E-state index is -0.934. The van der Waals surface area contributed by atoms with Gasteiger partial charge in [0, 0.05) is 36.1 Å². The van der Waals surface area contributed by atoms with Gasteiger partial charge in [0.15, 0.2) is 0 Å². The largest absolute Gasteiger partial charge is 0.492 e. The van der Waals surface area contributed by atoms with Crippen LogP contribution in [0.25, 0.3) is 31.8 Å². The average Bonchev–Trinajstić information content (AvgIpc) is 3.45. The Bertz CT molecular complexity index is 1680. The smallest absolute Gasteiger partial charge is 0.325 e. The summed E-state index contributed by atoms with van der Waals surface area (Å²) < 4.78 is 7.03. The number of urea groups is 1. The Labute approximate surface area is 254 Å². The molecule has 5 rings (SSSR count). The number of carbonyl (C=O) groups is 3. The molecule has 3 heterocycles. The van der Waals surface area contributed by atoms with Crippen molar-refractivity contribution in [2.75, 3.05) is 45.7 Å². The zero-order chi connectivity index (χ0) is 30.7. The van der Waals surface area contributed by atoms with Gasteiger partial charge in [-0.1, -0.05) is 24.3 Å². The van der Waals surface area contributed by atoms with Crippen molar-refractivity contribution < 1.29 is 19.1 Å². The van der Waals surface area contributed by atoms with Gasteiger partial charge < -0.3 is 25.6 Å². The standard InChI is InChI=1S/C31H35N7O4S/c1-31(2)28(40)36-30(41)38(31)11-10-33-29-34-18-23(20-7-5-6-19(14-20)15-26(32)39)27(35-29)25-17-21-16-22(8-9-24(21)43-25)42-13-12-37(3)4/h5-9,14,16-18H,10-13,15H2,1-4H3,(H2,32,39)(H,33,34,35)(H,36,40,41). The number of thiophene rings is 1. The number of carbonyl (C=O) groups excluding carboxylic acids is 3. The van der Waals surface area contributed by atoms with Gasteiger partial charge in [0.05, 0.1) is 17.0 Å². The van der Waals surface area contributed by atoms with Crippen molar-refractivity contribution in [3.8, 4) is 27.4 Å². The highest BCUT2D eigenvalue weighted by Crippen LogP contribution is 2.39. The lowest BCUT2D eigenvalue weighted by Gasteiger charge is -2.27. The number of fused-ring (bicyclic) bond motifs is 1. The van der Waals surface area contributed by atoms with Crippen molar-refractivity contribution in [3.63, 3.8) is 0 Å². The Balaban J connectivity index is 1.46. The van der Waals surface area contributed by atoms with Gasteiger partial charge >= 0.3 is 6.03 Å². The Morgan fingerprint density at radius 1 is 1.16 bits per heavy atom. The molecule has 2 aromatic carbocycles. The van der Waals surface area contributed by atoms with Crippen molar-refractivity contribution in [1.29, 1.82) is 0 Å². The van der Waals surface area contributed by atoms with E-state index in [4.69, 9.17) is 15.5 Å². The van der Waals surface area contributed by atoms with E-state index in [0.717, 1.165) is 49.6 Å². The Kier molecular flexibility index (Phi) is 8.60. The summed E-state index contributed by atoms with van der Waals surface area (Å²) in [5, 5.41) is 6.61. The van der Waals surface area contributed by atoms with Crippen LogP contribution in [0.4, 0.5) is 10.7 Å². The van der Waals surface area contributed by atoms with Gasteiger partial charge in [0.1, 0.15) is 17.9 Å². The van der Waals surface area contributed by atoms with Crippen LogP contribution in [-0.4, -0.2) is 83.5 Å². The summed E-state index contributed by atoms with van der Waals surface area (Å²) in [6.45, 7) is 5.47. The molecule has 0 radical (unpaired) electrons. The van der Waals surface area contributed by atoms with E-state index in [1.54, 1.807) is 31.4 Å². The first-order valence-electron chi connectivity index (χ1n) is 13.9. The van der Waals surface area contributed by atoms with Crippen LogP contribution in [0.3, 0.4) is 0 Å². The van der Waals surface area contributed by atoms with Crippen LogP contribution in [0, 0.1) is 0 Å². The summed E-state index contributed by atoms with van der Waals surface area (Å²) in [5.74, 6) is 0.462. The summed E-state index contributed by atoms with van der Waals surface area (Å²) in [6, 6.07) is 15.3. The first-order chi connectivity index (χ1) is 20.5. The zero-order valence-corrected chi connectivity index (χ0v) is 25.5. The molecule has 224 valence electrons. The molecule has 2 aromatic heterocycles. The summed E-state index contributed by atoms with van der Waals surface area (Å²) in [7, 11) is 4.02. The van der Waals surface area contributed by atoms with Crippen molar-refractivity contribution in [3.05, 3.63) is 60.3 Å². The predicted molar refractivity (Wildman–Crippen MR) is 168 cm³/mol. The highest BCUT2D eigenvalue weighted by atomic mass is 32.1. The van der Waals surface area contributed by atoms with Gasteiger partial charge in [0.2, 0.25) is 11.9 Å². The number of benzene rings is 2. The second-order valence-corrected chi connectivity index (χ2v) is 12.2. The molecular weight excluding hydrogens is 566 g/mol. The van der Waals surface area contributed by atoms with E-state index in [1.165, 1.54) is 4.90 Å². The molecule has 1 fully saturated rings. The fourth-order valence-corrected chi connectivity index (χ4v) is 5.89. The molecule has 0 aliphatic carbocycles. The number of amides is 4. The molecule has 4 N–H and O–H groups in total. The maximum absolute atomic E-state index is 12.3. The summed E-state index contributed by atoms with van der Waals surface area (Å²) in [4.78, 5) is 49.9. The first kappa shape index (κ1) is 29.9. The predicted octanol–water partition coefficient (Wildman–Crippen LogP) is 3.74. The maximum atomic E-state index is 12.3. The van der Waals surface area contributed by atoms with Crippen LogP contribution in [0.5, 0.6) is 5.75 Å². The number of imide groups is 1. The zero-order valence-electron chi connectivity index (χ0n) is 24.6. The average molecular weight is 602 g/mol. The van der Waals surface area contributed by atoms with Gasteiger partial charge in [-0.25, -0.2) is 14.8 Å². The number of nitrogens with one attached hydrogen (secondary N) is 2. The highest BCUT2D eigenvalue weighted by Gasteiger charge is 2.45. The van der Waals surface area contributed by atoms with Crippen molar-refractivity contribution in [2.24, 2.45) is 5.73 Å². The monoisotopic (exact) mass is 601 g/mol. The van der Waals surface area contributed by atoms with Gasteiger partial charge in [-0.15, -0.1) is 11.3 Å². The number of primary amides is 1. The number of nitrogens with two attached hydrogens (primary N) is 1. The summed E-state index contributed by atoms with van der Waals surface area (Å²) in [5.41, 5.74) is 7.70. The van der Waals surface area contributed by atoms with Crippen molar-refractivity contribution in [1.82, 2.24) is 25.1 Å². The number of aromatic nitrogens is 2. The molecule has 1 aliphatic rings. The molecule has 0 spiro atoms. The quantitative estimate of drug-likeness (QED) is 0.209. The summed E-state index contributed by atoms with van der Waals surface area (Å²) in [6.07, 6.45) is 1.89. The number of hydrogen-bond donors (Lipinski definition) is 3. The molecule has 1 saturated heterocycles. The van der Waals surface area contributed by atoms with E-state index >= 15 is 0 Å². The minimum absolute atomic E-state index is 0.131. The number of hydrogen-bond acceptors (Lipinski definition) is 9. The van der Waals surface area contributed by atoms with Crippen LogP contribution in [0.1, 0.15) is 19.4 Å². The molecule has 0 saturated carbocycles. The van der Waals surface area contributed by atoms with Crippen molar-refractivity contribution >= 4 is 45.2 Å². The van der Waals surface area contributed by atoms with E-state index in [-0.39, 0.29) is 12.3 Å². The normalized spacial score (nSPS) is 14.4. The molecule has 4 aromatic rings. The minimum Gasteiger partial charge on any atom is -0.492 e. The molecule has 11 nitrogen and oxygen atoms in total. The van der Waals surface area contributed by atoms with E-state index in [2.05, 4.69) is 26.6 Å². The van der Waals surface area contributed by atoms with Gasteiger partial charge in [-0.2, -0.15) is 0 Å². The number of ether oxygens (including phenoxy) is 1. The van der Waals surface area contributed by atoms with Crippen LogP contribution in [0.2, 0.25) is 0 Å². The molecule has 43 heavy (non-hydrogen) atoms. The molecule has 0 unspecified atom stereocenters. The van der Waals surface area contributed by atoms with E-state index in [1.807, 2.05) is 56.6 Å². The third kappa shape index (κ3) is 6.76. The fourth-order valence-electron chi connectivity index (χ4n) is 4.84. The topological polar surface area (TPSA) is 143 Å². The van der Waals surface area contributed by atoms with Gasteiger partial charge in [-0.05, 0) is 68.7 Å². The number of likely N-dealkylation sites (N-methyl/N-ethyl adjacent to an activating group) is 1. The van der Waals surface area contributed by atoms with Crippen LogP contribution >= 0.6 is 11.3 Å². The lowest BCUT2D eigenvalue weighted by molar-refractivity contribution is -0.125. The van der Waals surface area contributed by atoms with Crippen molar-refractivity contribution in [2.45, 2.75) is 25.8 Å². The van der Waals surface area contributed by atoms with Gasteiger partial charge in [-0.3, -0.25) is 14.9 Å². The molecule has 4 amide bonds. The number of nitrogens with zero attached hydrogens (tertiary/aromatic N) is 4. The number of rotatable bonds is 12. The molecule has 12 heteroatoms. The van der Waals surface area contributed by atoms with Crippen LogP contribution in [0.15, 0.2) is 54.7 Å². The Morgan fingerprint density at radius 2 is 1.98 bits per heavy atom. The highest BCUT2D eigenvalue weighted by molar-refractivity contribution is 7.22. The first-order valence-corrected chi connectivity index (χ1v) is 14.8. The lowest BCUT2D eigenvalue weighted by atomic mass is 10.0.